The van der Waals surface area contributed by atoms with Gasteiger partial charge in [0.05, 0.1) is 16.4 Å². The molecule has 3 aromatic rings. The van der Waals surface area contributed by atoms with Crippen LogP contribution in [0.5, 0.6) is 5.75 Å². The Bertz CT molecular complexity index is 1050. The van der Waals surface area contributed by atoms with Crippen molar-refractivity contribution in [2.75, 3.05) is 17.7 Å². The number of nitrogens with two attached hydrogens (primary N) is 1. The van der Waals surface area contributed by atoms with Crippen molar-refractivity contribution in [2.24, 2.45) is 0 Å². The van der Waals surface area contributed by atoms with Crippen LogP contribution in [0, 0.1) is 5.82 Å². The van der Waals surface area contributed by atoms with Crippen LogP contribution in [0.1, 0.15) is 15.9 Å². The number of anilines is 2. The van der Waals surface area contributed by atoms with Crippen molar-refractivity contribution in [1.82, 2.24) is 0 Å². The first-order valence-electron chi connectivity index (χ1n) is 8.41. The number of rotatable bonds is 6. The van der Waals surface area contributed by atoms with Gasteiger partial charge in [0.15, 0.2) is 24.0 Å². The molecule has 3 rings (SSSR count). The lowest BCUT2D eigenvalue weighted by Gasteiger charge is -2.12. The van der Waals surface area contributed by atoms with Crippen molar-refractivity contribution in [3.63, 3.8) is 0 Å². The Balaban J connectivity index is 1.71. The number of carbonyl (C=O) groups excluding carboxylic acids is 2. The Hall–Kier alpha value is -3.09. The van der Waals surface area contributed by atoms with Crippen LogP contribution >= 0.6 is 23.2 Å². The SMILES string of the molecule is Nc1ccccc1NC(=O)COc1c(F)cc(C(=O)c2ccc(Cl)cc2)cc1Cl. The summed E-state index contributed by atoms with van der Waals surface area (Å²) >= 11 is 11.9. The number of amides is 1. The van der Waals surface area contributed by atoms with Crippen molar-refractivity contribution < 1.29 is 18.7 Å². The number of ketones is 1. The van der Waals surface area contributed by atoms with Crippen molar-refractivity contribution in [2.45, 2.75) is 0 Å². The molecule has 0 aliphatic rings. The fourth-order valence-corrected chi connectivity index (χ4v) is 2.92. The summed E-state index contributed by atoms with van der Waals surface area (Å²) < 4.78 is 19.7. The number of nitrogen functional groups attached to an aromatic ring is 1. The first kappa shape index (κ1) is 20.6. The third-order valence-electron chi connectivity index (χ3n) is 3.95. The highest BCUT2D eigenvalue weighted by atomic mass is 35.5. The van der Waals surface area contributed by atoms with Gasteiger partial charge in [-0.05, 0) is 48.5 Å². The van der Waals surface area contributed by atoms with Gasteiger partial charge in [-0.1, -0.05) is 35.3 Å². The average molecular weight is 433 g/mol. The Morgan fingerprint density at radius 3 is 2.34 bits per heavy atom. The highest BCUT2D eigenvalue weighted by molar-refractivity contribution is 6.32. The molecule has 0 radical (unpaired) electrons. The van der Waals surface area contributed by atoms with Crippen LogP contribution in [0.4, 0.5) is 15.8 Å². The van der Waals surface area contributed by atoms with Crippen LogP contribution < -0.4 is 15.8 Å². The topological polar surface area (TPSA) is 81.4 Å². The van der Waals surface area contributed by atoms with Gasteiger partial charge < -0.3 is 15.8 Å². The van der Waals surface area contributed by atoms with Gasteiger partial charge in [-0.3, -0.25) is 9.59 Å². The van der Waals surface area contributed by atoms with E-state index < -0.39 is 24.1 Å². The van der Waals surface area contributed by atoms with E-state index in [2.05, 4.69) is 5.32 Å². The van der Waals surface area contributed by atoms with E-state index in [-0.39, 0.29) is 16.3 Å². The summed E-state index contributed by atoms with van der Waals surface area (Å²) in [4.78, 5) is 24.5. The number of hydrogen-bond donors (Lipinski definition) is 2. The van der Waals surface area contributed by atoms with Gasteiger partial charge in [-0.15, -0.1) is 0 Å². The predicted molar refractivity (Wildman–Crippen MR) is 111 cm³/mol. The molecule has 1 amide bonds. The number of hydrogen-bond acceptors (Lipinski definition) is 4. The molecule has 3 N–H and O–H groups in total. The summed E-state index contributed by atoms with van der Waals surface area (Å²) in [5.74, 6) is -2.15. The van der Waals surface area contributed by atoms with Crippen LogP contribution in [-0.4, -0.2) is 18.3 Å². The Labute approximate surface area is 176 Å². The number of halogens is 3. The fourth-order valence-electron chi connectivity index (χ4n) is 2.53. The lowest BCUT2D eigenvalue weighted by molar-refractivity contribution is -0.118. The average Bonchev–Trinajstić information content (AvgIpc) is 2.69. The van der Waals surface area contributed by atoms with E-state index in [4.69, 9.17) is 33.7 Å². The van der Waals surface area contributed by atoms with E-state index in [1.54, 1.807) is 36.4 Å². The van der Waals surface area contributed by atoms with Gasteiger partial charge in [0.2, 0.25) is 0 Å². The zero-order valence-electron chi connectivity index (χ0n) is 14.9. The molecule has 8 heteroatoms. The normalized spacial score (nSPS) is 10.4. The monoisotopic (exact) mass is 432 g/mol. The Morgan fingerprint density at radius 2 is 1.69 bits per heavy atom. The van der Waals surface area contributed by atoms with Gasteiger partial charge in [0.25, 0.3) is 5.91 Å². The molecule has 148 valence electrons. The quantitative estimate of drug-likeness (QED) is 0.425. The molecular weight excluding hydrogens is 418 g/mol. The second-order valence-electron chi connectivity index (χ2n) is 6.03. The zero-order valence-corrected chi connectivity index (χ0v) is 16.4. The molecule has 0 fully saturated rings. The van der Waals surface area contributed by atoms with Crippen LogP contribution in [0.25, 0.3) is 0 Å². The molecule has 0 atom stereocenters. The molecule has 3 aromatic carbocycles. The van der Waals surface area contributed by atoms with Crippen molar-refractivity contribution in [1.29, 1.82) is 0 Å². The van der Waals surface area contributed by atoms with E-state index in [0.29, 0.717) is 22.0 Å². The van der Waals surface area contributed by atoms with Crippen molar-refractivity contribution in [3.05, 3.63) is 87.7 Å². The van der Waals surface area contributed by atoms with Gasteiger partial charge in [0, 0.05) is 16.1 Å². The lowest BCUT2D eigenvalue weighted by Crippen LogP contribution is -2.21. The summed E-state index contributed by atoms with van der Waals surface area (Å²) in [6, 6.07) is 15.1. The maximum absolute atomic E-state index is 14.5. The molecule has 0 aliphatic carbocycles. The fraction of sp³-hybridized carbons (Fsp3) is 0.0476. The largest absolute Gasteiger partial charge is 0.479 e. The van der Waals surface area contributed by atoms with Crippen LogP contribution in [0.3, 0.4) is 0 Å². The molecule has 0 heterocycles. The summed E-state index contributed by atoms with van der Waals surface area (Å²) in [6.07, 6.45) is 0. The van der Waals surface area contributed by atoms with E-state index in [1.807, 2.05) is 0 Å². The highest BCUT2D eigenvalue weighted by Crippen LogP contribution is 2.30. The number of carbonyl (C=O) groups is 2. The van der Waals surface area contributed by atoms with Gasteiger partial charge in [0.1, 0.15) is 0 Å². The minimum Gasteiger partial charge on any atom is -0.479 e. The molecule has 0 aliphatic heterocycles. The first-order valence-corrected chi connectivity index (χ1v) is 9.17. The van der Waals surface area contributed by atoms with Gasteiger partial charge in [-0.2, -0.15) is 0 Å². The van der Waals surface area contributed by atoms with Crippen molar-refractivity contribution in [3.8, 4) is 5.75 Å². The maximum atomic E-state index is 14.5. The highest BCUT2D eigenvalue weighted by Gasteiger charge is 2.18. The number of para-hydroxylation sites is 2. The number of benzene rings is 3. The molecule has 0 aromatic heterocycles. The minimum absolute atomic E-state index is 0.0451. The van der Waals surface area contributed by atoms with Gasteiger partial charge in [-0.25, -0.2) is 4.39 Å². The third kappa shape index (κ3) is 5.04. The zero-order chi connectivity index (χ0) is 21.0. The second-order valence-corrected chi connectivity index (χ2v) is 6.87. The van der Waals surface area contributed by atoms with E-state index in [9.17, 15) is 14.0 Å². The lowest BCUT2D eigenvalue weighted by atomic mass is 10.0. The van der Waals surface area contributed by atoms with Gasteiger partial charge >= 0.3 is 0 Å². The summed E-state index contributed by atoms with van der Waals surface area (Å²) in [6.45, 7) is -0.491. The predicted octanol–water partition coefficient (Wildman–Crippen LogP) is 4.96. The number of nitrogens with one attached hydrogen (secondary N) is 1. The Kier molecular flexibility index (Phi) is 6.36. The summed E-state index contributed by atoms with van der Waals surface area (Å²) in [5, 5.41) is 2.90. The molecule has 5 nitrogen and oxygen atoms in total. The van der Waals surface area contributed by atoms with E-state index in [0.717, 1.165) is 6.07 Å². The second kappa shape index (κ2) is 8.94. The molecule has 29 heavy (non-hydrogen) atoms. The smallest absolute Gasteiger partial charge is 0.262 e. The standard InChI is InChI=1S/C21H15Cl2FN2O3/c22-14-7-5-12(6-8-14)20(28)13-9-15(23)21(16(24)10-13)29-11-19(27)26-18-4-2-1-3-17(18)25/h1-10H,11,25H2,(H,26,27). The number of ether oxygens (including phenoxy) is 1. The molecule has 0 bridgehead atoms. The third-order valence-corrected chi connectivity index (χ3v) is 4.48. The van der Waals surface area contributed by atoms with Crippen molar-refractivity contribution >= 4 is 46.3 Å². The first-order chi connectivity index (χ1) is 13.8. The van der Waals surface area contributed by atoms with Crippen LogP contribution in [0.15, 0.2) is 60.7 Å². The molecule has 0 saturated carbocycles. The van der Waals surface area contributed by atoms with Crippen LogP contribution in [-0.2, 0) is 4.79 Å². The molecule has 0 spiro atoms. The molecule has 0 saturated heterocycles. The minimum atomic E-state index is -0.859. The Morgan fingerprint density at radius 1 is 1.00 bits per heavy atom. The van der Waals surface area contributed by atoms with Crippen LogP contribution in [0.2, 0.25) is 10.0 Å². The summed E-state index contributed by atoms with van der Waals surface area (Å²) in [5.41, 5.74) is 6.92. The molecule has 0 unspecified atom stereocenters. The summed E-state index contributed by atoms with van der Waals surface area (Å²) in [7, 11) is 0. The maximum Gasteiger partial charge on any atom is 0.262 e. The van der Waals surface area contributed by atoms with E-state index in [1.165, 1.54) is 18.2 Å². The molecular formula is C21H15Cl2FN2O3. The van der Waals surface area contributed by atoms with E-state index >= 15 is 0 Å².